The Morgan fingerprint density at radius 2 is 2.04 bits per heavy atom. The van der Waals surface area contributed by atoms with Gasteiger partial charge in [-0.2, -0.15) is 0 Å². The van der Waals surface area contributed by atoms with Gasteiger partial charge >= 0.3 is 5.97 Å². The Balaban J connectivity index is 1.83. The highest BCUT2D eigenvalue weighted by atomic mass is 32.2. The minimum Gasteiger partial charge on any atom is -0.465 e. The van der Waals surface area contributed by atoms with Gasteiger partial charge in [0.15, 0.2) is 0 Å². The molecule has 2 atom stereocenters. The van der Waals surface area contributed by atoms with Gasteiger partial charge in [-0.1, -0.05) is 24.3 Å². The molecule has 1 aliphatic carbocycles. The van der Waals surface area contributed by atoms with Crippen LogP contribution in [0.25, 0.3) is 0 Å². The van der Waals surface area contributed by atoms with Gasteiger partial charge in [-0.25, -0.2) is 13.7 Å². The van der Waals surface area contributed by atoms with E-state index in [1.165, 1.54) is 12.7 Å². The standard InChI is InChI=1S/C18H19NO3S/c1-12-5-3-4-6-17(12)23(21)19-16-10-9-13-7-8-14(11-15(13)16)18(20)22-2/h3-8,11,16,19H,9-10H2,1-2H3. The van der Waals surface area contributed by atoms with Crippen LogP contribution >= 0.6 is 0 Å². The molecule has 4 nitrogen and oxygen atoms in total. The molecular weight excluding hydrogens is 310 g/mol. The van der Waals surface area contributed by atoms with Gasteiger partial charge in [0.05, 0.1) is 17.6 Å². The average Bonchev–Trinajstić information content (AvgIpc) is 2.96. The Kier molecular flexibility index (Phi) is 4.59. The number of carbonyl (C=O) groups excluding carboxylic acids is 1. The van der Waals surface area contributed by atoms with Crippen molar-refractivity contribution in [2.75, 3.05) is 7.11 Å². The fourth-order valence-corrected chi connectivity index (χ4v) is 4.12. The Morgan fingerprint density at radius 3 is 2.78 bits per heavy atom. The van der Waals surface area contributed by atoms with Crippen LogP contribution in [0.5, 0.6) is 0 Å². The van der Waals surface area contributed by atoms with E-state index in [4.69, 9.17) is 4.74 Å². The summed E-state index contributed by atoms with van der Waals surface area (Å²) in [5.41, 5.74) is 3.76. The lowest BCUT2D eigenvalue weighted by Crippen LogP contribution is -2.22. The molecule has 2 aromatic rings. The third kappa shape index (κ3) is 3.21. The van der Waals surface area contributed by atoms with E-state index in [-0.39, 0.29) is 12.0 Å². The second kappa shape index (κ2) is 6.64. The smallest absolute Gasteiger partial charge is 0.337 e. The number of rotatable bonds is 4. The van der Waals surface area contributed by atoms with E-state index in [0.717, 1.165) is 28.9 Å². The van der Waals surface area contributed by atoms with Crippen LogP contribution in [0.1, 0.15) is 39.5 Å². The largest absolute Gasteiger partial charge is 0.465 e. The minimum absolute atomic E-state index is 0.0185. The molecular formula is C18H19NO3S. The van der Waals surface area contributed by atoms with Crippen molar-refractivity contribution in [1.82, 2.24) is 4.72 Å². The lowest BCUT2D eigenvalue weighted by molar-refractivity contribution is 0.0600. The predicted octanol–water partition coefficient (Wildman–Crippen LogP) is 3.08. The van der Waals surface area contributed by atoms with Crippen molar-refractivity contribution in [3.05, 3.63) is 64.7 Å². The molecule has 2 aromatic carbocycles. The molecule has 1 aliphatic rings. The summed E-state index contributed by atoms with van der Waals surface area (Å²) in [4.78, 5) is 12.5. The van der Waals surface area contributed by atoms with Crippen LogP contribution in [0.3, 0.4) is 0 Å². The number of carbonyl (C=O) groups is 1. The number of esters is 1. The Hall–Kier alpha value is -1.98. The van der Waals surface area contributed by atoms with Crippen molar-refractivity contribution >= 4 is 17.0 Å². The normalized spacial score (nSPS) is 17.6. The average molecular weight is 329 g/mol. The summed E-state index contributed by atoms with van der Waals surface area (Å²) in [5.74, 6) is -0.349. The zero-order chi connectivity index (χ0) is 16.4. The van der Waals surface area contributed by atoms with Crippen LogP contribution in [-0.2, 0) is 22.1 Å². The number of methoxy groups -OCH3 is 1. The third-order valence-electron chi connectivity index (χ3n) is 4.19. The summed E-state index contributed by atoms with van der Waals surface area (Å²) in [6, 6.07) is 13.2. The topological polar surface area (TPSA) is 55.4 Å². The van der Waals surface area contributed by atoms with E-state index in [1.54, 1.807) is 6.07 Å². The maximum atomic E-state index is 12.6. The first-order valence-electron chi connectivity index (χ1n) is 7.55. The molecule has 120 valence electrons. The molecule has 0 amide bonds. The number of hydrogen-bond donors (Lipinski definition) is 1. The van der Waals surface area contributed by atoms with Crippen molar-refractivity contribution in [3.8, 4) is 0 Å². The molecule has 2 unspecified atom stereocenters. The third-order valence-corrected chi connectivity index (χ3v) is 5.54. The fraction of sp³-hybridized carbons (Fsp3) is 0.278. The molecule has 23 heavy (non-hydrogen) atoms. The van der Waals surface area contributed by atoms with Gasteiger partial charge in [0.25, 0.3) is 0 Å². The van der Waals surface area contributed by atoms with E-state index >= 15 is 0 Å². The number of hydrogen-bond acceptors (Lipinski definition) is 3. The maximum absolute atomic E-state index is 12.6. The monoisotopic (exact) mass is 329 g/mol. The van der Waals surface area contributed by atoms with Gasteiger partial charge in [0.1, 0.15) is 11.0 Å². The van der Waals surface area contributed by atoms with Gasteiger partial charge < -0.3 is 4.74 Å². The van der Waals surface area contributed by atoms with Crippen molar-refractivity contribution < 1.29 is 13.7 Å². The van der Waals surface area contributed by atoms with Crippen LogP contribution in [0.15, 0.2) is 47.4 Å². The summed E-state index contributed by atoms with van der Waals surface area (Å²) < 4.78 is 20.6. The summed E-state index contributed by atoms with van der Waals surface area (Å²) in [7, 11) is 0.0962. The number of fused-ring (bicyclic) bond motifs is 1. The summed E-state index contributed by atoms with van der Waals surface area (Å²) in [5, 5.41) is 0. The van der Waals surface area contributed by atoms with Crippen LogP contribution in [0.4, 0.5) is 0 Å². The Labute approximate surface area is 138 Å². The highest BCUT2D eigenvalue weighted by Gasteiger charge is 2.25. The molecule has 0 saturated heterocycles. The van der Waals surface area contributed by atoms with E-state index in [0.29, 0.717) is 5.56 Å². The molecule has 3 rings (SSSR count). The Bertz CT molecular complexity index is 773. The quantitative estimate of drug-likeness (QED) is 0.877. The second-order valence-corrected chi connectivity index (χ2v) is 6.86. The molecule has 0 spiro atoms. The zero-order valence-electron chi connectivity index (χ0n) is 13.2. The molecule has 0 fully saturated rings. The summed E-state index contributed by atoms with van der Waals surface area (Å²) in [6.07, 6.45) is 1.79. The molecule has 1 N–H and O–H groups in total. The summed E-state index contributed by atoms with van der Waals surface area (Å²) in [6.45, 7) is 1.95. The van der Waals surface area contributed by atoms with Gasteiger partial charge in [-0.05, 0) is 54.7 Å². The SMILES string of the molecule is COC(=O)c1ccc2c(c1)C(NS(=O)c1ccccc1C)CC2. The van der Waals surface area contributed by atoms with E-state index in [2.05, 4.69) is 4.72 Å². The molecule has 0 aromatic heterocycles. The number of nitrogens with one attached hydrogen (secondary N) is 1. The lowest BCUT2D eigenvalue weighted by atomic mass is 10.0. The first-order chi connectivity index (χ1) is 11.1. The summed E-state index contributed by atoms with van der Waals surface area (Å²) >= 11 is 0. The van der Waals surface area contributed by atoms with Crippen molar-refractivity contribution in [1.29, 1.82) is 0 Å². The molecule has 0 radical (unpaired) electrons. The van der Waals surface area contributed by atoms with Gasteiger partial charge in [-0.15, -0.1) is 0 Å². The number of aryl methyl sites for hydroxylation is 2. The minimum atomic E-state index is -1.28. The molecule has 0 saturated carbocycles. The first kappa shape index (κ1) is 15.9. The van der Waals surface area contributed by atoms with Gasteiger partial charge in [-0.3, -0.25) is 0 Å². The highest BCUT2D eigenvalue weighted by molar-refractivity contribution is 7.83. The second-order valence-electron chi connectivity index (χ2n) is 5.65. The zero-order valence-corrected chi connectivity index (χ0v) is 14.0. The fourth-order valence-electron chi connectivity index (χ4n) is 2.93. The van der Waals surface area contributed by atoms with Crippen LogP contribution in [0.2, 0.25) is 0 Å². The van der Waals surface area contributed by atoms with Gasteiger partial charge in [0, 0.05) is 6.04 Å². The molecule has 0 heterocycles. The lowest BCUT2D eigenvalue weighted by Gasteiger charge is -2.15. The number of ether oxygens (including phenoxy) is 1. The van der Waals surface area contributed by atoms with E-state index in [9.17, 15) is 9.00 Å². The van der Waals surface area contributed by atoms with Gasteiger partial charge in [0.2, 0.25) is 0 Å². The van der Waals surface area contributed by atoms with Crippen LogP contribution < -0.4 is 4.72 Å². The van der Waals surface area contributed by atoms with Crippen LogP contribution in [-0.4, -0.2) is 17.3 Å². The van der Waals surface area contributed by atoms with E-state index in [1.807, 2.05) is 43.3 Å². The van der Waals surface area contributed by atoms with Crippen molar-refractivity contribution in [2.24, 2.45) is 0 Å². The predicted molar refractivity (Wildman–Crippen MR) is 89.6 cm³/mol. The number of benzene rings is 2. The maximum Gasteiger partial charge on any atom is 0.337 e. The molecule has 5 heteroatoms. The highest BCUT2D eigenvalue weighted by Crippen LogP contribution is 2.33. The van der Waals surface area contributed by atoms with Crippen molar-refractivity contribution in [3.63, 3.8) is 0 Å². The van der Waals surface area contributed by atoms with Crippen molar-refractivity contribution in [2.45, 2.75) is 30.7 Å². The Morgan fingerprint density at radius 1 is 1.26 bits per heavy atom. The van der Waals surface area contributed by atoms with E-state index < -0.39 is 11.0 Å². The van der Waals surface area contributed by atoms with Crippen LogP contribution in [0, 0.1) is 6.92 Å². The molecule has 0 bridgehead atoms. The molecule has 0 aliphatic heterocycles. The first-order valence-corrected chi connectivity index (χ1v) is 8.70.